The Morgan fingerprint density at radius 2 is 1.81 bits per heavy atom. The molecule has 134 valence electrons. The minimum Gasteiger partial charge on any atom is -0.483 e. The van der Waals surface area contributed by atoms with E-state index in [1.165, 1.54) is 30.3 Å². The van der Waals surface area contributed by atoms with E-state index in [4.69, 9.17) is 16.3 Å². The first-order valence-corrected chi connectivity index (χ1v) is 8.33. The van der Waals surface area contributed by atoms with Crippen molar-refractivity contribution < 1.29 is 13.5 Å². The van der Waals surface area contributed by atoms with Crippen LogP contribution in [0.25, 0.3) is 0 Å². The lowest BCUT2D eigenvalue weighted by atomic mass is 10.2. The molecule has 0 aliphatic carbocycles. The SMILES string of the molecule is Cc1c(OCc2c(F)cccc2Cl)c(=O)ccn1Cc1ccc(F)cc1. The second-order valence-corrected chi connectivity index (χ2v) is 6.24. The summed E-state index contributed by atoms with van der Waals surface area (Å²) in [4.78, 5) is 12.2. The van der Waals surface area contributed by atoms with Gasteiger partial charge in [-0.05, 0) is 36.8 Å². The Morgan fingerprint density at radius 3 is 2.50 bits per heavy atom. The molecule has 0 radical (unpaired) electrons. The van der Waals surface area contributed by atoms with Crippen LogP contribution < -0.4 is 10.2 Å². The number of hydrogen-bond acceptors (Lipinski definition) is 2. The summed E-state index contributed by atoms with van der Waals surface area (Å²) < 4.78 is 34.3. The van der Waals surface area contributed by atoms with E-state index in [9.17, 15) is 13.6 Å². The van der Waals surface area contributed by atoms with E-state index in [1.54, 1.807) is 31.3 Å². The number of pyridine rings is 1. The van der Waals surface area contributed by atoms with Crippen molar-refractivity contribution in [3.05, 3.63) is 98.4 Å². The summed E-state index contributed by atoms with van der Waals surface area (Å²) in [5.74, 6) is -0.664. The quantitative estimate of drug-likeness (QED) is 0.646. The molecular weight excluding hydrogens is 360 g/mol. The van der Waals surface area contributed by atoms with Gasteiger partial charge in [-0.1, -0.05) is 29.8 Å². The molecule has 0 saturated heterocycles. The van der Waals surface area contributed by atoms with Gasteiger partial charge in [-0.15, -0.1) is 0 Å². The summed E-state index contributed by atoms with van der Waals surface area (Å²) >= 11 is 5.99. The number of aromatic nitrogens is 1. The van der Waals surface area contributed by atoms with Crippen LogP contribution in [0, 0.1) is 18.6 Å². The van der Waals surface area contributed by atoms with Gasteiger partial charge < -0.3 is 9.30 Å². The highest BCUT2D eigenvalue weighted by molar-refractivity contribution is 6.31. The normalized spacial score (nSPS) is 10.8. The maximum absolute atomic E-state index is 13.9. The van der Waals surface area contributed by atoms with Crippen LogP contribution in [0.15, 0.2) is 59.5 Å². The van der Waals surface area contributed by atoms with Crippen LogP contribution in [0.5, 0.6) is 5.75 Å². The van der Waals surface area contributed by atoms with Crippen LogP contribution in [0.4, 0.5) is 8.78 Å². The van der Waals surface area contributed by atoms with Crippen molar-refractivity contribution in [3.63, 3.8) is 0 Å². The first-order valence-electron chi connectivity index (χ1n) is 7.96. The summed E-state index contributed by atoms with van der Waals surface area (Å²) in [6, 6.07) is 11.8. The van der Waals surface area contributed by atoms with Crippen LogP contribution in [-0.2, 0) is 13.2 Å². The van der Waals surface area contributed by atoms with Crippen molar-refractivity contribution in [1.82, 2.24) is 4.57 Å². The zero-order chi connectivity index (χ0) is 18.7. The molecule has 1 aromatic heterocycles. The number of benzene rings is 2. The van der Waals surface area contributed by atoms with Crippen LogP contribution in [0.1, 0.15) is 16.8 Å². The Kier molecular flexibility index (Phi) is 5.38. The molecule has 0 N–H and O–H groups in total. The summed E-state index contributed by atoms with van der Waals surface area (Å²) in [5, 5.41) is 0.241. The molecule has 2 aromatic carbocycles. The molecule has 3 rings (SSSR count). The average molecular weight is 376 g/mol. The van der Waals surface area contributed by atoms with Gasteiger partial charge in [0.1, 0.15) is 18.2 Å². The van der Waals surface area contributed by atoms with Gasteiger partial charge in [-0.25, -0.2) is 8.78 Å². The van der Waals surface area contributed by atoms with Gasteiger partial charge in [-0.2, -0.15) is 0 Å². The smallest absolute Gasteiger partial charge is 0.223 e. The molecule has 0 saturated carbocycles. The van der Waals surface area contributed by atoms with E-state index in [1.807, 2.05) is 4.57 Å². The van der Waals surface area contributed by atoms with E-state index >= 15 is 0 Å². The van der Waals surface area contributed by atoms with Gasteiger partial charge >= 0.3 is 0 Å². The molecule has 3 nitrogen and oxygen atoms in total. The summed E-state index contributed by atoms with van der Waals surface area (Å²) in [6.45, 7) is 2.04. The molecule has 0 fully saturated rings. The van der Waals surface area contributed by atoms with E-state index in [0.29, 0.717) is 12.2 Å². The highest BCUT2D eigenvalue weighted by Gasteiger charge is 2.13. The third kappa shape index (κ3) is 3.94. The number of ether oxygens (including phenoxy) is 1. The van der Waals surface area contributed by atoms with E-state index in [-0.39, 0.29) is 34.2 Å². The van der Waals surface area contributed by atoms with Crippen LogP contribution in [0.2, 0.25) is 5.02 Å². The minimum atomic E-state index is -0.488. The molecule has 0 amide bonds. The molecule has 3 aromatic rings. The first-order chi connectivity index (χ1) is 12.5. The van der Waals surface area contributed by atoms with Crippen LogP contribution in [0.3, 0.4) is 0 Å². The molecular formula is C20H16ClF2NO2. The third-order valence-corrected chi connectivity index (χ3v) is 4.43. The van der Waals surface area contributed by atoms with Gasteiger partial charge in [0.15, 0.2) is 5.75 Å². The monoisotopic (exact) mass is 375 g/mol. The topological polar surface area (TPSA) is 31.2 Å². The fourth-order valence-corrected chi connectivity index (χ4v) is 2.82. The van der Waals surface area contributed by atoms with Crippen molar-refractivity contribution in [2.45, 2.75) is 20.1 Å². The Hall–Kier alpha value is -2.66. The van der Waals surface area contributed by atoms with E-state index in [2.05, 4.69) is 0 Å². The lowest BCUT2D eigenvalue weighted by Crippen LogP contribution is -2.15. The van der Waals surface area contributed by atoms with Crippen LogP contribution >= 0.6 is 11.6 Å². The molecule has 0 aliphatic rings. The molecule has 1 heterocycles. The molecule has 0 spiro atoms. The van der Waals surface area contributed by atoms with Crippen molar-refractivity contribution in [1.29, 1.82) is 0 Å². The van der Waals surface area contributed by atoms with Crippen molar-refractivity contribution in [3.8, 4) is 5.75 Å². The Labute approximate surface area is 154 Å². The largest absolute Gasteiger partial charge is 0.483 e. The molecule has 6 heteroatoms. The Morgan fingerprint density at radius 1 is 1.08 bits per heavy atom. The number of nitrogens with zero attached hydrogens (tertiary/aromatic N) is 1. The van der Waals surface area contributed by atoms with E-state index in [0.717, 1.165) is 5.56 Å². The predicted molar refractivity (Wildman–Crippen MR) is 96.7 cm³/mol. The summed E-state index contributed by atoms with van der Waals surface area (Å²) in [5.41, 5.74) is 1.36. The fourth-order valence-electron chi connectivity index (χ4n) is 2.60. The molecule has 0 unspecified atom stereocenters. The fraction of sp³-hybridized carbons (Fsp3) is 0.150. The maximum atomic E-state index is 13.9. The standard InChI is InChI=1S/C20H16ClF2NO2/c1-13-20(26-12-16-17(21)3-2-4-18(16)23)19(25)9-10-24(13)11-14-5-7-15(22)8-6-14/h2-10H,11-12H2,1H3. The third-order valence-electron chi connectivity index (χ3n) is 4.08. The highest BCUT2D eigenvalue weighted by Crippen LogP contribution is 2.22. The number of rotatable bonds is 5. The van der Waals surface area contributed by atoms with Crippen molar-refractivity contribution in [2.75, 3.05) is 0 Å². The lowest BCUT2D eigenvalue weighted by Gasteiger charge is -2.15. The van der Waals surface area contributed by atoms with Crippen molar-refractivity contribution in [2.24, 2.45) is 0 Å². The number of halogens is 3. The van der Waals surface area contributed by atoms with Crippen LogP contribution in [-0.4, -0.2) is 4.57 Å². The summed E-state index contributed by atoms with van der Waals surface area (Å²) in [7, 11) is 0. The highest BCUT2D eigenvalue weighted by atomic mass is 35.5. The molecule has 0 aliphatic heterocycles. The predicted octanol–water partition coefficient (Wildman–Crippen LogP) is 4.72. The zero-order valence-corrected chi connectivity index (χ0v) is 14.8. The maximum Gasteiger partial charge on any atom is 0.223 e. The minimum absolute atomic E-state index is 0.133. The summed E-state index contributed by atoms with van der Waals surface area (Å²) in [6.07, 6.45) is 1.64. The first kappa shape index (κ1) is 18.1. The molecule has 0 atom stereocenters. The second-order valence-electron chi connectivity index (χ2n) is 5.84. The van der Waals surface area contributed by atoms with E-state index < -0.39 is 5.82 Å². The van der Waals surface area contributed by atoms with Gasteiger partial charge in [-0.3, -0.25) is 4.79 Å². The van der Waals surface area contributed by atoms with Crippen molar-refractivity contribution >= 4 is 11.6 Å². The van der Waals surface area contributed by atoms with Gasteiger partial charge in [0.2, 0.25) is 5.43 Å². The average Bonchev–Trinajstić information content (AvgIpc) is 2.61. The number of hydrogen-bond donors (Lipinski definition) is 0. The Bertz CT molecular complexity index is 964. The Balaban J connectivity index is 1.85. The van der Waals surface area contributed by atoms with Gasteiger partial charge in [0, 0.05) is 24.4 Å². The van der Waals surface area contributed by atoms with Gasteiger partial charge in [0.05, 0.1) is 10.7 Å². The van der Waals surface area contributed by atoms with Gasteiger partial charge in [0.25, 0.3) is 0 Å². The zero-order valence-electron chi connectivity index (χ0n) is 14.0. The molecule has 0 bridgehead atoms. The second kappa shape index (κ2) is 7.70. The lowest BCUT2D eigenvalue weighted by molar-refractivity contribution is 0.291. The molecule has 26 heavy (non-hydrogen) atoms.